The molecular weight excluding hydrogens is 629 g/mol. The van der Waals surface area contributed by atoms with Crippen LogP contribution in [0.4, 0.5) is 0 Å². The Bertz CT molecular complexity index is 2810. The van der Waals surface area contributed by atoms with Crippen molar-refractivity contribution in [1.82, 2.24) is 9.55 Å². The Hall–Kier alpha value is -6.77. The zero-order valence-corrected chi connectivity index (χ0v) is 28.9. The van der Waals surface area contributed by atoms with Crippen molar-refractivity contribution in [2.75, 3.05) is 0 Å². The van der Waals surface area contributed by atoms with Gasteiger partial charge in [-0.05, 0) is 104 Å². The third-order valence-electron chi connectivity index (χ3n) is 10.2. The lowest BCUT2D eigenvalue weighted by molar-refractivity contribution is 1.17. The Morgan fingerprint density at radius 3 is 1.71 bits per heavy atom. The first kappa shape index (κ1) is 31.2. The summed E-state index contributed by atoms with van der Waals surface area (Å²) in [7, 11) is 0. The van der Waals surface area contributed by atoms with Gasteiger partial charge in [-0.25, -0.2) is 0 Å². The van der Waals surface area contributed by atoms with Crippen LogP contribution in [0, 0.1) is 0 Å². The van der Waals surface area contributed by atoms with Crippen LogP contribution >= 0.6 is 0 Å². The number of nitrogens with zero attached hydrogens (tertiary/aromatic N) is 2. The van der Waals surface area contributed by atoms with Gasteiger partial charge < -0.3 is 4.57 Å². The van der Waals surface area contributed by atoms with Crippen LogP contribution in [0.15, 0.2) is 200 Å². The molecule has 0 radical (unpaired) electrons. The van der Waals surface area contributed by atoms with E-state index in [1.165, 1.54) is 71.4 Å². The van der Waals surface area contributed by atoms with Crippen molar-refractivity contribution < 1.29 is 0 Å². The minimum atomic E-state index is 1.15. The lowest BCUT2D eigenvalue weighted by Crippen LogP contribution is -2.29. The maximum absolute atomic E-state index is 4.50. The summed E-state index contributed by atoms with van der Waals surface area (Å²) in [6.45, 7) is 2.23. The van der Waals surface area contributed by atoms with E-state index in [1.807, 2.05) is 12.4 Å². The van der Waals surface area contributed by atoms with Crippen LogP contribution < -0.4 is 10.4 Å². The maximum atomic E-state index is 4.50. The molecule has 7 aromatic carbocycles. The number of pyridine rings is 1. The average molecular weight is 665 g/mol. The topological polar surface area (TPSA) is 17.8 Å². The third kappa shape index (κ3) is 5.71. The Balaban J connectivity index is 1.13. The number of hydrogen-bond donors (Lipinski definition) is 0. The van der Waals surface area contributed by atoms with Crippen molar-refractivity contribution >= 4 is 33.0 Å². The van der Waals surface area contributed by atoms with E-state index in [-0.39, 0.29) is 0 Å². The third-order valence-corrected chi connectivity index (χ3v) is 10.2. The standard InChI is InChI=1S/C50H36N2/c1-35(36-14-5-2-6-15-36)44-22-11-12-23-45(44)50(38-16-7-3-8-17-38)39-26-24-37(25-27-39)40-18-13-19-41(32-40)42-28-29-48-46(33-42)47-34-51-31-30-49(47)52(48)43-20-9-4-10-21-43/h2-34H,1H3/b44-35+,50-45-. The zero-order chi connectivity index (χ0) is 34.9. The largest absolute Gasteiger partial charge is 0.309 e. The predicted molar refractivity (Wildman–Crippen MR) is 218 cm³/mol. The molecule has 0 amide bonds. The lowest BCUT2D eigenvalue weighted by Gasteiger charge is -2.13. The van der Waals surface area contributed by atoms with E-state index in [2.05, 4.69) is 205 Å². The second kappa shape index (κ2) is 13.5. The molecule has 2 heterocycles. The normalized spacial score (nSPS) is 12.6. The molecule has 0 aliphatic rings. The SMILES string of the molecule is C/C(c1ccccc1)=c1/cccc/c1=C(\c1ccccc1)c1ccc(-c2cccc(-c3ccc4c(c3)c3cnccc3n4-c3ccccc3)c2)cc1. The summed E-state index contributed by atoms with van der Waals surface area (Å²) in [5.74, 6) is 0. The fourth-order valence-corrected chi connectivity index (χ4v) is 7.56. The molecule has 2 aromatic heterocycles. The van der Waals surface area contributed by atoms with Crippen LogP contribution in [-0.2, 0) is 0 Å². The molecular formula is C50H36N2. The van der Waals surface area contributed by atoms with E-state index < -0.39 is 0 Å². The molecule has 0 spiro atoms. The van der Waals surface area contributed by atoms with E-state index in [1.54, 1.807) is 0 Å². The minimum absolute atomic E-state index is 1.15. The zero-order valence-electron chi connectivity index (χ0n) is 28.9. The molecule has 246 valence electrons. The number of hydrogen-bond acceptors (Lipinski definition) is 1. The Morgan fingerprint density at radius 1 is 0.423 bits per heavy atom. The van der Waals surface area contributed by atoms with Gasteiger partial charge in [0.25, 0.3) is 0 Å². The van der Waals surface area contributed by atoms with Gasteiger partial charge in [0.15, 0.2) is 0 Å². The highest BCUT2D eigenvalue weighted by Crippen LogP contribution is 2.35. The highest BCUT2D eigenvalue weighted by atomic mass is 15.0. The predicted octanol–water partition coefficient (Wildman–Crippen LogP) is 11.0. The Labute approximate surface area is 303 Å². The molecule has 9 aromatic rings. The molecule has 0 aliphatic carbocycles. The van der Waals surface area contributed by atoms with Gasteiger partial charge in [-0.3, -0.25) is 4.98 Å². The highest BCUT2D eigenvalue weighted by molar-refractivity contribution is 6.10. The molecule has 0 aliphatic heterocycles. The van der Waals surface area contributed by atoms with Crippen molar-refractivity contribution in [2.24, 2.45) is 0 Å². The van der Waals surface area contributed by atoms with Crippen molar-refractivity contribution in [3.8, 4) is 27.9 Å². The van der Waals surface area contributed by atoms with Crippen LogP contribution in [0.1, 0.15) is 23.6 Å². The molecule has 0 N–H and O–H groups in total. The number of aromatic nitrogens is 2. The fraction of sp³-hybridized carbons (Fsp3) is 0.0200. The van der Waals surface area contributed by atoms with E-state index in [0.29, 0.717) is 0 Å². The summed E-state index contributed by atoms with van der Waals surface area (Å²) in [6.07, 6.45) is 3.86. The molecule has 9 rings (SSSR count). The molecule has 0 atom stereocenters. The van der Waals surface area contributed by atoms with Crippen LogP contribution in [0.3, 0.4) is 0 Å². The van der Waals surface area contributed by atoms with Crippen molar-refractivity contribution in [2.45, 2.75) is 6.92 Å². The molecule has 2 nitrogen and oxygen atoms in total. The fourth-order valence-electron chi connectivity index (χ4n) is 7.56. The van der Waals surface area contributed by atoms with E-state index in [0.717, 1.165) is 16.6 Å². The summed E-state index contributed by atoms with van der Waals surface area (Å²) in [5.41, 5.74) is 14.3. The minimum Gasteiger partial charge on any atom is -0.309 e. The lowest BCUT2D eigenvalue weighted by atomic mass is 9.91. The molecule has 0 fully saturated rings. The number of rotatable bonds is 6. The second-order valence-corrected chi connectivity index (χ2v) is 13.2. The summed E-state index contributed by atoms with van der Waals surface area (Å²) >= 11 is 0. The monoisotopic (exact) mass is 664 g/mol. The summed E-state index contributed by atoms with van der Waals surface area (Å²) < 4.78 is 2.33. The second-order valence-electron chi connectivity index (χ2n) is 13.2. The first-order chi connectivity index (χ1) is 25.7. The molecule has 0 saturated heterocycles. The van der Waals surface area contributed by atoms with Gasteiger partial charge in [-0.1, -0.05) is 152 Å². The van der Waals surface area contributed by atoms with Gasteiger partial charge in [0.2, 0.25) is 0 Å². The Morgan fingerprint density at radius 2 is 0.981 bits per heavy atom. The smallest absolute Gasteiger partial charge is 0.0571 e. The van der Waals surface area contributed by atoms with Crippen LogP contribution in [-0.4, -0.2) is 9.55 Å². The van der Waals surface area contributed by atoms with Crippen LogP contribution in [0.2, 0.25) is 0 Å². The number of para-hydroxylation sites is 1. The van der Waals surface area contributed by atoms with Crippen molar-refractivity contribution in [3.05, 3.63) is 228 Å². The van der Waals surface area contributed by atoms with Gasteiger partial charge in [0.1, 0.15) is 0 Å². The Kier molecular flexibility index (Phi) is 8.11. The van der Waals surface area contributed by atoms with Gasteiger partial charge in [-0.15, -0.1) is 0 Å². The van der Waals surface area contributed by atoms with Crippen LogP contribution in [0.5, 0.6) is 0 Å². The summed E-state index contributed by atoms with van der Waals surface area (Å²) in [5, 5.41) is 4.81. The maximum Gasteiger partial charge on any atom is 0.0571 e. The van der Waals surface area contributed by atoms with Gasteiger partial charge in [-0.2, -0.15) is 0 Å². The average Bonchev–Trinajstić information content (AvgIpc) is 3.56. The van der Waals surface area contributed by atoms with Crippen molar-refractivity contribution in [1.29, 1.82) is 0 Å². The molecule has 0 saturated carbocycles. The van der Waals surface area contributed by atoms with Crippen LogP contribution in [0.25, 0.3) is 60.9 Å². The molecule has 0 unspecified atom stereocenters. The highest BCUT2D eigenvalue weighted by Gasteiger charge is 2.14. The van der Waals surface area contributed by atoms with Gasteiger partial charge in [0.05, 0.1) is 11.0 Å². The van der Waals surface area contributed by atoms with Gasteiger partial charge >= 0.3 is 0 Å². The quantitative estimate of drug-likeness (QED) is 0.173. The number of fused-ring (bicyclic) bond motifs is 3. The molecule has 0 bridgehead atoms. The van der Waals surface area contributed by atoms with Crippen molar-refractivity contribution in [3.63, 3.8) is 0 Å². The molecule has 2 heteroatoms. The molecule has 52 heavy (non-hydrogen) atoms. The summed E-state index contributed by atoms with van der Waals surface area (Å²) in [6, 6.07) is 67.6. The number of benzene rings is 7. The van der Waals surface area contributed by atoms with Gasteiger partial charge in [0, 0.05) is 28.9 Å². The van der Waals surface area contributed by atoms with E-state index in [9.17, 15) is 0 Å². The summed E-state index contributed by atoms with van der Waals surface area (Å²) in [4.78, 5) is 4.50. The van der Waals surface area contributed by atoms with E-state index in [4.69, 9.17) is 0 Å². The first-order valence-corrected chi connectivity index (χ1v) is 17.8. The first-order valence-electron chi connectivity index (χ1n) is 17.8. The van der Waals surface area contributed by atoms with E-state index >= 15 is 0 Å².